The molecule has 0 spiro atoms. The van der Waals surface area contributed by atoms with E-state index in [9.17, 15) is 0 Å². The van der Waals surface area contributed by atoms with Gasteiger partial charge in [-0.1, -0.05) is 31.2 Å². The quantitative estimate of drug-likeness (QED) is 0.793. The maximum Gasteiger partial charge on any atom is 0.180 e. The van der Waals surface area contributed by atoms with Crippen molar-refractivity contribution in [2.45, 2.75) is 19.9 Å². The largest absolute Gasteiger partial charge is 0.363 e. The summed E-state index contributed by atoms with van der Waals surface area (Å²) in [6.07, 6.45) is 6.63. The molecule has 0 atom stereocenters. The Kier molecular flexibility index (Phi) is 3.69. The highest BCUT2D eigenvalue weighted by molar-refractivity contribution is 9.10. The monoisotopic (exact) mass is 330 g/mol. The lowest BCUT2D eigenvalue weighted by Crippen LogP contribution is -2.04. The fraction of sp³-hybridized carbons (Fsp3) is 0.200. The predicted octanol–water partition coefficient (Wildman–Crippen LogP) is 3.67. The topological polar surface area (TPSA) is 42.2 Å². The minimum atomic E-state index is 0.732. The average molecular weight is 331 g/mol. The molecule has 5 heteroatoms. The molecule has 20 heavy (non-hydrogen) atoms. The molecular formula is C15H15BrN4. The molecule has 4 nitrogen and oxygen atoms in total. The van der Waals surface area contributed by atoms with Crippen molar-refractivity contribution in [2.75, 3.05) is 5.32 Å². The molecule has 0 aliphatic carbocycles. The number of imidazole rings is 1. The Bertz CT molecular complexity index is 718. The molecule has 0 saturated heterocycles. The first-order chi connectivity index (χ1) is 9.76. The van der Waals surface area contributed by atoms with Gasteiger partial charge in [0.2, 0.25) is 0 Å². The number of anilines is 1. The molecule has 0 saturated carbocycles. The van der Waals surface area contributed by atoms with E-state index in [1.807, 2.05) is 16.8 Å². The van der Waals surface area contributed by atoms with Crippen molar-refractivity contribution in [3.63, 3.8) is 0 Å². The summed E-state index contributed by atoms with van der Waals surface area (Å²) in [6.45, 7) is 2.89. The zero-order valence-corrected chi connectivity index (χ0v) is 12.8. The highest BCUT2D eigenvalue weighted by Gasteiger charge is 2.06. The highest BCUT2D eigenvalue weighted by Crippen LogP contribution is 2.17. The summed E-state index contributed by atoms with van der Waals surface area (Å²) in [6, 6.07) is 8.62. The first-order valence-electron chi connectivity index (χ1n) is 6.57. The third-order valence-electron chi connectivity index (χ3n) is 3.24. The second-order valence-corrected chi connectivity index (χ2v) is 5.41. The minimum Gasteiger partial charge on any atom is -0.363 e. The Labute approximate surface area is 126 Å². The van der Waals surface area contributed by atoms with Gasteiger partial charge >= 0.3 is 0 Å². The molecule has 0 aliphatic rings. The summed E-state index contributed by atoms with van der Waals surface area (Å²) in [5.41, 5.74) is 3.41. The molecule has 0 aliphatic heterocycles. The number of rotatable bonds is 4. The summed E-state index contributed by atoms with van der Waals surface area (Å²) in [5.74, 6) is 0.781. The van der Waals surface area contributed by atoms with E-state index in [-0.39, 0.29) is 0 Å². The molecule has 102 valence electrons. The fourth-order valence-corrected chi connectivity index (χ4v) is 2.50. The van der Waals surface area contributed by atoms with Crippen molar-refractivity contribution >= 4 is 27.4 Å². The fourth-order valence-electron chi connectivity index (χ4n) is 2.10. The number of hydrogen-bond acceptors (Lipinski definition) is 3. The van der Waals surface area contributed by atoms with Gasteiger partial charge in [-0.05, 0) is 33.5 Å². The van der Waals surface area contributed by atoms with Crippen molar-refractivity contribution in [1.29, 1.82) is 0 Å². The van der Waals surface area contributed by atoms with Crippen LogP contribution in [-0.4, -0.2) is 14.4 Å². The van der Waals surface area contributed by atoms with Crippen LogP contribution < -0.4 is 5.32 Å². The van der Waals surface area contributed by atoms with E-state index in [0.29, 0.717) is 0 Å². The first kappa shape index (κ1) is 13.1. The molecule has 0 radical (unpaired) electrons. The lowest BCUT2D eigenvalue weighted by molar-refractivity contribution is 1.05. The van der Waals surface area contributed by atoms with Crippen molar-refractivity contribution < 1.29 is 0 Å². The number of aryl methyl sites for hydroxylation is 1. The van der Waals surface area contributed by atoms with Crippen molar-refractivity contribution in [3.05, 3.63) is 58.6 Å². The van der Waals surface area contributed by atoms with E-state index in [0.717, 1.165) is 29.0 Å². The summed E-state index contributed by atoms with van der Waals surface area (Å²) in [5, 5.41) is 3.34. The van der Waals surface area contributed by atoms with Crippen molar-refractivity contribution in [3.8, 4) is 0 Å². The SMILES string of the molecule is CCc1ccc(CNc2nc(Br)cn3ccnc23)cc1. The summed E-state index contributed by atoms with van der Waals surface area (Å²) < 4.78 is 2.73. The second kappa shape index (κ2) is 5.63. The van der Waals surface area contributed by atoms with Crippen molar-refractivity contribution in [1.82, 2.24) is 14.4 Å². The number of nitrogens with one attached hydrogen (secondary N) is 1. The van der Waals surface area contributed by atoms with Crippen LogP contribution in [0.2, 0.25) is 0 Å². The normalized spacial score (nSPS) is 10.9. The molecule has 3 rings (SSSR count). The molecule has 2 aromatic heterocycles. The van der Waals surface area contributed by atoms with Gasteiger partial charge in [-0.15, -0.1) is 0 Å². The number of nitrogens with zero attached hydrogens (tertiary/aromatic N) is 3. The minimum absolute atomic E-state index is 0.732. The Hall–Kier alpha value is -1.88. The summed E-state index contributed by atoms with van der Waals surface area (Å²) >= 11 is 3.41. The molecule has 2 heterocycles. The number of halogens is 1. The Morgan fingerprint density at radius 1 is 1.20 bits per heavy atom. The van der Waals surface area contributed by atoms with E-state index in [1.54, 1.807) is 6.20 Å². The van der Waals surface area contributed by atoms with Gasteiger partial charge in [-0.25, -0.2) is 9.97 Å². The van der Waals surface area contributed by atoms with Crippen LogP contribution in [0, 0.1) is 0 Å². The zero-order chi connectivity index (χ0) is 13.9. The van der Waals surface area contributed by atoms with Gasteiger partial charge < -0.3 is 9.72 Å². The van der Waals surface area contributed by atoms with Crippen LogP contribution in [-0.2, 0) is 13.0 Å². The lowest BCUT2D eigenvalue weighted by atomic mass is 10.1. The highest BCUT2D eigenvalue weighted by atomic mass is 79.9. The number of benzene rings is 1. The lowest BCUT2D eigenvalue weighted by Gasteiger charge is -2.08. The molecule has 1 aromatic carbocycles. The molecule has 0 amide bonds. The van der Waals surface area contributed by atoms with E-state index in [2.05, 4.69) is 62.4 Å². The van der Waals surface area contributed by atoms with E-state index < -0.39 is 0 Å². The molecule has 0 fully saturated rings. The average Bonchev–Trinajstić information content (AvgIpc) is 2.93. The van der Waals surface area contributed by atoms with Gasteiger partial charge in [-0.2, -0.15) is 0 Å². The number of fused-ring (bicyclic) bond motifs is 1. The maximum absolute atomic E-state index is 4.44. The molecular weight excluding hydrogens is 316 g/mol. The van der Waals surface area contributed by atoms with Crippen molar-refractivity contribution in [2.24, 2.45) is 0 Å². The molecule has 0 bridgehead atoms. The second-order valence-electron chi connectivity index (χ2n) is 4.59. The Morgan fingerprint density at radius 2 is 1.95 bits per heavy atom. The van der Waals surface area contributed by atoms with Gasteiger partial charge in [0.15, 0.2) is 11.5 Å². The van der Waals surface area contributed by atoms with Gasteiger partial charge in [0.05, 0.1) is 0 Å². The number of hydrogen-bond donors (Lipinski definition) is 1. The molecule has 3 aromatic rings. The van der Waals surface area contributed by atoms with Gasteiger partial charge in [-0.3, -0.25) is 0 Å². The third kappa shape index (κ3) is 2.67. The van der Waals surface area contributed by atoms with Crippen LogP contribution in [0.15, 0.2) is 47.5 Å². The summed E-state index contributed by atoms with van der Waals surface area (Å²) in [4.78, 5) is 8.76. The van der Waals surface area contributed by atoms with E-state index in [1.165, 1.54) is 11.1 Å². The van der Waals surface area contributed by atoms with Crippen LogP contribution in [0.5, 0.6) is 0 Å². The standard InChI is InChI=1S/C15H15BrN4/c1-2-11-3-5-12(6-4-11)9-18-14-15-17-7-8-20(15)10-13(16)19-14/h3-8,10H,2,9H2,1H3,(H,18,19). The molecule has 0 unspecified atom stereocenters. The van der Waals surface area contributed by atoms with Gasteiger partial charge in [0.1, 0.15) is 4.60 Å². The van der Waals surface area contributed by atoms with Crippen LogP contribution in [0.1, 0.15) is 18.1 Å². The molecule has 1 N–H and O–H groups in total. The van der Waals surface area contributed by atoms with Gasteiger partial charge in [0.25, 0.3) is 0 Å². The predicted molar refractivity (Wildman–Crippen MR) is 83.8 cm³/mol. The zero-order valence-electron chi connectivity index (χ0n) is 11.2. The van der Waals surface area contributed by atoms with Crippen LogP contribution >= 0.6 is 15.9 Å². The smallest absolute Gasteiger partial charge is 0.180 e. The van der Waals surface area contributed by atoms with E-state index in [4.69, 9.17) is 0 Å². The van der Waals surface area contributed by atoms with Crippen LogP contribution in [0.3, 0.4) is 0 Å². The summed E-state index contributed by atoms with van der Waals surface area (Å²) in [7, 11) is 0. The first-order valence-corrected chi connectivity index (χ1v) is 7.36. The third-order valence-corrected chi connectivity index (χ3v) is 3.62. The Morgan fingerprint density at radius 3 is 2.70 bits per heavy atom. The van der Waals surface area contributed by atoms with E-state index >= 15 is 0 Å². The number of aromatic nitrogens is 3. The Balaban J connectivity index is 1.80. The van der Waals surface area contributed by atoms with Crippen LogP contribution in [0.25, 0.3) is 5.65 Å². The maximum atomic E-state index is 4.44. The van der Waals surface area contributed by atoms with Crippen LogP contribution in [0.4, 0.5) is 5.82 Å². The van der Waals surface area contributed by atoms with Gasteiger partial charge in [0, 0.05) is 25.1 Å².